The lowest BCUT2D eigenvalue weighted by Gasteiger charge is -2.33. The van der Waals surface area contributed by atoms with Gasteiger partial charge in [0.15, 0.2) is 0 Å². The fraction of sp³-hybridized carbons (Fsp3) is 0.778. The van der Waals surface area contributed by atoms with E-state index in [1.54, 1.807) is 14.2 Å². The van der Waals surface area contributed by atoms with Crippen LogP contribution in [0.1, 0.15) is 86.0 Å². The van der Waals surface area contributed by atoms with Gasteiger partial charge in [-0.2, -0.15) is 0 Å². The van der Waals surface area contributed by atoms with Crippen LogP contribution in [-0.4, -0.2) is 44.3 Å². The smallest absolute Gasteiger partial charge is 0.309 e. The number of allylic oxidation sites excluding steroid dienone is 2. The largest absolute Gasteiger partial charge is 0.457 e. The van der Waals surface area contributed by atoms with Gasteiger partial charge < -0.3 is 14.2 Å². The molecule has 5 atom stereocenters. The first kappa shape index (κ1) is 26.8. The Labute approximate surface area is 195 Å². The van der Waals surface area contributed by atoms with Crippen molar-refractivity contribution < 1.29 is 23.8 Å². The van der Waals surface area contributed by atoms with Gasteiger partial charge in [0.2, 0.25) is 0 Å². The molecule has 2 aliphatic rings. The van der Waals surface area contributed by atoms with Crippen LogP contribution in [0.5, 0.6) is 0 Å². The average Bonchev–Trinajstić information content (AvgIpc) is 3.57. The number of hydrogen-bond donors (Lipinski definition) is 0. The summed E-state index contributed by atoms with van der Waals surface area (Å²) >= 11 is 0. The van der Waals surface area contributed by atoms with E-state index in [9.17, 15) is 9.59 Å². The van der Waals surface area contributed by atoms with Gasteiger partial charge >= 0.3 is 5.97 Å². The lowest BCUT2D eigenvalue weighted by molar-refractivity contribution is -0.153. The molecule has 5 unspecified atom stereocenters. The lowest BCUT2D eigenvalue weighted by Crippen LogP contribution is -2.43. The summed E-state index contributed by atoms with van der Waals surface area (Å²) in [7, 11) is 3.30. The third-order valence-electron chi connectivity index (χ3n) is 7.65. The number of Topliss-reactive ketones (excluding diaryl/α,β-unsaturated/α-hetero) is 1. The Hall–Kier alpha value is -1.46. The van der Waals surface area contributed by atoms with Crippen LogP contribution in [-0.2, 0) is 23.8 Å². The average molecular weight is 449 g/mol. The highest BCUT2D eigenvalue weighted by molar-refractivity contribution is 5.91. The molecular formula is C27H44O5. The topological polar surface area (TPSA) is 61.8 Å². The van der Waals surface area contributed by atoms with Gasteiger partial charge in [0.1, 0.15) is 11.9 Å². The molecular weight excluding hydrogens is 404 g/mol. The zero-order valence-electron chi connectivity index (χ0n) is 21.2. The highest BCUT2D eigenvalue weighted by Crippen LogP contribution is 2.54. The van der Waals surface area contributed by atoms with Gasteiger partial charge in [0.25, 0.3) is 0 Å². The summed E-state index contributed by atoms with van der Waals surface area (Å²) in [6.07, 6.45) is 9.59. The molecule has 32 heavy (non-hydrogen) atoms. The van der Waals surface area contributed by atoms with Gasteiger partial charge in [0, 0.05) is 26.6 Å². The van der Waals surface area contributed by atoms with Crippen LogP contribution in [0.15, 0.2) is 23.3 Å². The van der Waals surface area contributed by atoms with E-state index in [1.165, 1.54) is 5.57 Å². The van der Waals surface area contributed by atoms with E-state index < -0.39 is 11.5 Å². The van der Waals surface area contributed by atoms with Gasteiger partial charge in [-0.15, -0.1) is 0 Å². The minimum atomic E-state index is -0.596. The van der Waals surface area contributed by atoms with Gasteiger partial charge in [-0.25, -0.2) is 0 Å². The maximum atomic E-state index is 13.6. The van der Waals surface area contributed by atoms with Crippen LogP contribution in [0, 0.1) is 17.3 Å². The molecule has 0 radical (unpaired) electrons. The first-order chi connectivity index (χ1) is 15.2. The SMILES string of the molecule is C/C=C(\CC)C1CC=C(C)CCCC(C)C(OC)C(C)C(=O)C2(CC2)C(OC)CC(=O)O1. The molecule has 1 heterocycles. The van der Waals surface area contributed by atoms with Crippen LogP contribution in [0.3, 0.4) is 0 Å². The van der Waals surface area contributed by atoms with Gasteiger partial charge in [-0.3, -0.25) is 9.59 Å². The summed E-state index contributed by atoms with van der Waals surface area (Å²) in [5.41, 5.74) is 1.84. The number of ketones is 1. The molecule has 1 aliphatic heterocycles. The van der Waals surface area contributed by atoms with Crippen molar-refractivity contribution in [3.05, 3.63) is 23.3 Å². The Morgan fingerprint density at radius 3 is 2.44 bits per heavy atom. The van der Waals surface area contributed by atoms with E-state index in [1.807, 2.05) is 19.9 Å². The Morgan fingerprint density at radius 1 is 1.22 bits per heavy atom. The standard InChI is InChI=1S/C27H44O5/c1-8-21(9-2)22-14-13-18(3)11-10-12-19(4)25(31-7)20(5)26(29)27(15-16-27)23(30-6)17-24(28)32-22/h8,13,19-20,22-23,25H,9-12,14-17H2,1-7H3/b18-13?,21-8+. The minimum Gasteiger partial charge on any atom is -0.457 e. The predicted octanol–water partition coefficient (Wildman–Crippen LogP) is 5.82. The number of esters is 1. The summed E-state index contributed by atoms with van der Waals surface area (Å²) in [5.74, 6) is -0.0866. The van der Waals surface area contributed by atoms with E-state index in [2.05, 4.69) is 26.8 Å². The number of rotatable bonds is 4. The van der Waals surface area contributed by atoms with Crippen LogP contribution < -0.4 is 0 Å². The van der Waals surface area contributed by atoms with E-state index in [4.69, 9.17) is 14.2 Å². The maximum Gasteiger partial charge on any atom is 0.309 e. The summed E-state index contributed by atoms with van der Waals surface area (Å²) < 4.78 is 17.5. The van der Waals surface area contributed by atoms with Crippen molar-refractivity contribution >= 4 is 11.8 Å². The molecule has 5 heteroatoms. The third kappa shape index (κ3) is 6.32. The van der Waals surface area contributed by atoms with Gasteiger partial charge in [-0.1, -0.05) is 38.5 Å². The highest BCUT2D eigenvalue weighted by Gasteiger charge is 2.58. The Kier molecular flexibility index (Phi) is 10.2. The fourth-order valence-corrected chi connectivity index (χ4v) is 5.43. The Bertz CT molecular complexity index is 703. The molecule has 0 saturated heterocycles. The molecule has 1 aliphatic carbocycles. The predicted molar refractivity (Wildman–Crippen MR) is 127 cm³/mol. The van der Waals surface area contributed by atoms with Crippen LogP contribution >= 0.6 is 0 Å². The van der Waals surface area contributed by atoms with Crippen molar-refractivity contribution in [3.8, 4) is 0 Å². The Morgan fingerprint density at radius 2 is 1.91 bits per heavy atom. The quantitative estimate of drug-likeness (QED) is 0.401. The monoisotopic (exact) mass is 448 g/mol. The second-order valence-electron chi connectivity index (χ2n) is 9.79. The molecule has 0 aromatic carbocycles. The van der Waals surface area contributed by atoms with Crippen LogP contribution in [0.2, 0.25) is 0 Å². The number of carbonyl (C=O) groups excluding carboxylic acids is 2. The zero-order chi connectivity index (χ0) is 23.9. The molecule has 1 fully saturated rings. The molecule has 0 aromatic heterocycles. The second-order valence-corrected chi connectivity index (χ2v) is 9.79. The molecule has 0 amide bonds. The number of carbonyl (C=O) groups is 2. The van der Waals surface area contributed by atoms with Crippen molar-refractivity contribution in [2.75, 3.05) is 14.2 Å². The Balaban J connectivity index is 2.35. The molecule has 0 aromatic rings. The van der Waals surface area contributed by atoms with Crippen LogP contribution in [0.25, 0.3) is 0 Å². The summed E-state index contributed by atoms with van der Waals surface area (Å²) in [6, 6.07) is 0. The van der Waals surface area contributed by atoms with Crippen molar-refractivity contribution in [1.29, 1.82) is 0 Å². The number of ether oxygens (including phenoxy) is 3. The molecule has 0 bridgehead atoms. The van der Waals surface area contributed by atoms with E-state index in [0.29, 0.717) is 6.42 Å². The van der Waals surface area contributed by atoms with E-state index in [-0.39, 0.29) is 42.2 Å². The number of cyclic esters (lactones) is 1. The molecule has 182 valence electrons. The fourth-order valence-electron chi connectivity index (χ4n) is 5.43. The van der Waals surface area contributed by atoms with Gasteiger partial charge in [-0.05, 0) is 63.9 Å². The van der Waals surface area contributed by atoms with Crippen molar-refractivity contribution in [2.45, 2.75) is 104 Å². The molecule has 5 nitrogen and oxygen atoms in total. The summed E-state index contributed by atoms with van der Waals surface area (Å²) in [4.78, 5) is 26.6. The summed E-state index contributed by atoms with van der Waals surface area (Å²) in [6.45, 7) is 10.4. The number of hydrogen-bond acceptors (Lipinski definition) is 5. The highest BCUT2D eigenvalue weighted by atomic mass is 16.5. The van der Waals surface area contributed by atoms with Crippen LogP contribution in [0.4, 0.5) is 0 Å². The first-order valence-corrected chi connectivity index (χ1v) is 12.3. The van der Waals surface area contributed by atoms with Crippen molar-refractivity contribution in [3.63, 3.8) is 0 Å². The minimum absolute atomic E-state index is 0.0993. The van der Waals surface area contributed by atoms with E-state index in [0.717, 1.165) is 44.1 Å². The summed E-state index contributed by atoms with van der Waals surface area (Å²) in [5, 5.41) is 0. The van der Waals surface area contributed by atoms with Crippen molar-refractivity contribution in [2.24, 2.45) is 17.3 Å². The van der Waals surface area contributed by atoms with Crippen molar-refractivity contribution in [1.82, 2.24) is 0 Å². The molecule has 0 N–H and O–H groups in total. The normalized spacial score (nSPS) is 33.0. The zero-order valence-corrected chi connectivity index (χ0v) is 21.2. The van der Waals surface area contributed by atoms with E-state index >= 15 is 0 Å². The third-order valence-corrected chi connectivity index (χ3v) is 7.65. The molecule has 1 saturated carbocycles. The first-order valence-electron chi connectivity index (χ1n) is 12.3. The number of methoxy groups -OCH3 is 2. The lowest BCUT2D eigenvalue weighted by atomic mass is 9.78. The molecule has 2 rings (SSSR count). The van der Waals surface area contributed by atoms with Gasteiger partial charge in [0.05, 0.1) is 24.0 Å². The molecule has 1 spiro atoms. The second kappa shape index (κ2) is 12.1. The maximum absolute atomic E-state index is 13.6.